The van der Waals surface area contributed by atoms with E-state index in [-0.39, 0.29) is 4.90 Å². The lowest BCUT2D eigenvalue weighted by Crippen LogP contribution is -2.54. The molecule has 0 amide bonds. The Bertz CT molecular complexity index is 618. The summed E-state index contributed by atoms with van der Waals surface area (Å²) in [5, 5.41) is 8.79. The van der Waals surface area contributed by atoms with E-state index in [2.05, 4.69) is 9.80 Å². The molecule has 1 unspecified atom stereocenters. The zero-order chi connectivity index (χ0) is 18.3. The van der Waals surface area contributed by atoms with Gasteiger partial charge >= 0.3 is 0 Å². The van der Waals surface area contributed by atoms with Crippen LogP contribution in [0.3, 0.4) is 0 Å². The molecule has 2 aliphatic heterocycles. The number of hydrogen-bond acceptors (Lipinski definition) is 5. The third kappa shape index (κ3) is 6.67. The van der Waals surface area contributed by atoms with E-state index in [1.807, 2.05) is 6.92 Å². The normalized spacial score (nSPS) is 22.0. The molecule has 7 heteroatoms. The van der Waals surface area contributed by atoms with Crippen LogP contribution in [0, 0.1) is 6.92 Å². The second-order valence-corrected chi connectivity index (χ2v) is 8.27. The number of fused-ring (bicyclic) bond motifs is 1. The van der Waals surface area contributed by atoms with E-state index >= 15 is 0 Å². The van der Waals surface area contributed by atoms with E-state index in [9.17, 15) is 8.42 Å². The first-order valence-corrected chi connectivity index (χ1v) is 10.5. The molecule has 6 nitrogen and oxygen atoms in total. The summed E-state index contributed by atoms with van der Waals surface area (Å²) in [6.45, 7) is 8.27. The van der Waals surface area contributed by atoms with E-state index in [0.717, 1.165) is 24.6 Å². The Hall–Kier alpha value is -0.990. The average Bonchev–Trinajstić information content (AvgIpc) is 2.60. The Balaban J connectivity index is 0.000000186. The molecular formula is C18H30N2O4S. The molecule has 142 valence electrons. The minimum Gasteiger partial charge on any atom is -0.396 e. The topological polar surface area (TPSA) is 81.1 Å². The quantitative estimate of drug-likeness (QED) is 0.787. The summed E-state index contributed by atoms with van der Waals surface area (Å²) in [6, 6.07) is 6.80. The standard InChI is InChI=1S/C11H22N2O.C7H8O3S/c14-9-3-5-12-7-8-13-6-2-1-4-11(13)10-12;1-6-2-4-7(5-3-6)11(8,9)10/h11,14H,1-10H2;2-5H,1H3,(H,8,9,10). The van der Waals surface area contributed by atoms with Crippen LogP contribution in [-0.4, -0.2) is 73.2 Å². The van der Waals surface area contributed by atoms with Crippen LogP contribution in [0.15, 0.2) is 29.2 Å². The highest BCUT2D eigenvalue weighted by Gasteiger charge is 2.28. The van der Waals surface area contributed by atoms with Crippen LogP contribution in [-0.2, 0) is 10.1 Å². The molecule has 2 N–H and O–H groups in total. The molecule has 3 rings (SSSR count). The number of piperidine rings is 1. The van der Waals surface area contributed by atoms with Crippen LogP contribution in [0.25, 0.3) is 0 Å². The van der Waals surface area contributed by atoms with E-state index in [4.69, 9.17) is 9.66 Å². The molecule has 0 bridgehead atoms. The molecule has 0 radical (unpaired) electrons. The second kappa shape index (κ2) is 9.64. The molecule has 0 spiro atoms. The molecule has 2 fully saturated rings. The van der Waals surface area contributed by atoms with Gasteiger partial charge in [0.05, 0.1) is 4.90 Å². The van der Waals surface area contributed by atoms with Gasteiger partial charge in [-0.2, -0.15) is 8.42 Å². The second-order valence-electron chi connectivity index (χ2n) is 6.85. The lowest BCUT2D eigenvalue weighted by molar-refractivity contribution is 0.0466. The number of benzene rings is 1. The maximum Gasteiger partial charge on any atom is 0.294 e. The van der Waals surface area contributed by atoms with Crippen molar-refractivity contribution in [2.75, 3.05) is 39.3 Å². The number of nitrogens with zero attached hydrogens (tertiary/aromatic N) is 2. The molecule has 2 heterocycles. The molecule has 2 saturated heterocycles. The van der Waals surface area contributed by atoms with E-state index in [1.54, 1.807) is 12.1 Å². The summed E-state index contributed by atoms with van der Waals surface area (Å²) >= 11 is 0. The molecule has 1 aromatic carbocycles. The Kier molecular flexibility index (Phi) is 7.83. The highest BCUT2D eigenvalue weighted by Crippen LogP contribution is 2.20. The van der Waals surface area contributed by atoms with E-state index in [0.29, 0.717) is 6.61 Å². The lowest BCUT2D eigenvalue weighted by atomic mass is 9.99. The van der Waals surface area contributed by atoms with Gasteiger partial charge in [-0.1, -0.05) is 24.1 Å². The van der Waals surface area contributed by atoms with Crippen molar-refractivity contribution in [3.63, 3.8) is 0 Å². The molecule has 1 aromatic rings. The first kappa shape index (κ1) is 20.3. The summed E-state index contributed by atoms with van der Waals surface area (Å²) < 4.78 is 29.6. The smallest absolute Gasteiger partial charge is 0.294 e. The van der Waals surface area contributed by atoms with Gasteiger partial charge in [-0.15, -0.1) is 0 Å². The molecule has 1 atom stereocenters. The number of piperazine rings is 1. The maximum atomic E-state index is 10.5. The Morgan fingerprint density at radius 2 is 1.84 bits per heavy atom. The molecule has 25 heavy (non-hydrogen) atoms. The minimum absolute atomic E-state index is 0.0666. The van der Waals surface area contributed by atoms with Crippen LogP contribution in [0.2, 0.25) is 0 Å². The Labute approximate surface area is 151 Å². The van der Waals surface area contributed by atoms with E-state index in [1.165, 1.54) is 57.6 Å². The van der Waals surface area contributed by atoms with Crippen molar-refractivity contribution in [3.8, 4) is 0 Å². The van der Waals surface area contributed by atoms with Gasteiger partial charge in [-0.25, -0.2) is 0 Å². The van der Waals surface area contributed by atoms with Gasteiger partial charge in [0.15, 0.2) is 0 Å². The van der Waals surface area contributed by atoms with Gasteiger partial charge in [0.25, 0.3) is 10.1 Å². The zero-order valence-electron chi connectivity index (χ0n) is 15.0. The summed E-state index contributed by atoms with van der Waals surface area (Å²) in [5.41, 5.74) is 0.956. The fraction of sp³-hybridized carbons (Fsp3) is 0.667. The van der Waals surface area contributed by atoms with Crippen LogP contribution < -0.4 is 0 Å². The lowest BCUT2D eigenvalue weighted by Gasteiger charge is -2.44. The van der Waals surface area contributed by atoms with Crippen molar-refractivity contribution >= 4 is 10.1 Å². The number of rotatable bonds is 4. The third-order valence-electron chi connectivity index (χ3n) is 4.87. The number of aliphatic hydroxyl groups excluding tert-OH is 1. The highest BCUT2D eigenvalue weighted by molar-refractivity contribution is 7.85. The maximum absolute atomic E-state index is 10.5. The predicted molar refractivity (Wildman–Crippen MR) is 98.3 cm³/mol. The van der Waals surface area contributed by atoms with Crippen molar-refractivity contribution in [3.05, 3.63) is 29.8 Å². The van der Waals surface area contributed by atoms with Crippen molar-refractivity contribution in [2.45, 2.75) is 43.5 Å². The van der Waals surface area contributed by atoms with Crippen LogP contribution in [0.4, 0.5) is 0 Å². The van der Waals surface area contributed by atoms with Crippen molar-refractivity contribution in [1.82, 2.24) is 9.80 Å². The monoisotopic (exact) mass is 370 g/mol. The van der Waals surface area contributed by atoms with Crippen molar-refractivity contribution < 1.29 is 18.1 Å². The third-order valence-corrected chi connectivity index (χ3v) is 5.74. The summed E-state index contributed by atoms with van der Waals surface area (Å²) in [7, 11) is -4.02. The van der Waals surface area contributed by atoms with Crippen molar-refractivity contribution in [1.29, 1.82) is 0 Å². The predicted octanol–water partition coefficient (Wildman–Crippen LogP) is 1.78. The minimum atomic E-state index is -4.02. The van der Waals surface area contributed by atoms with Crippen LogP contribution >= 0.6 is 0 Å². The largest absolute Gasteiger partial charge is 0.396 e. The fourth-order valence-electron chi connectivity index (χ4n) is 3.43. The van der Waals surface area contributed by atoms with Gasteiger partial charge in [0.2, 0.25) is 0 Å². The average molecular weight is 371 g/mol. The molecular weight excluding hydrogens is 340 g/mol. The molecule has 0 aromatic heterocycles. The van der Waals surface area contributed by atoms with Gasteiger partial charge in [0, 0.05) is 38.8 Å². The van der Waals surface area contributed by atoms with Crippen LogP contribution in [0.5, 0.6) is 0 Å². The first-order chi connectivity index (χ1) is 11.9. The number of aryl methyl sites for hydroxylation is 1. The summed E-state index contributed by atoms with van der Waals surface area (Å²) in [4.78, 5) is 5.10. The van der Waals surface area contributed by atoms with Gasteiger partial charge in [-0.3, -0.25) is 9.45 Å². The molecule has 2 aliphatic rings. The highest BCUT2D eigenvalue weighted by atomic mass is 32.2. The SMILES string of the molecule is Cc1ccc(S(=O)(=O)O)cc1.OCCCN1CCN2CCCCC2C1. The van der Waals surface area contributed by atoms with Gasteiger partial charge in [0.1, 0.15) is 0 Å². The summed E-state index contributed by atoms with van der Waals surface area (Å²) in [5.74, 6) is 0. The summed E-state index contributed by atoms with van der Waals surface area (Å²) in [6.07, 6.45) is 5.13. The molecule has 0 saturated carbocycles. The van der Waals surface area contributed by atoms with Crippen LogP contribution in [0.1, 0.15) is 31.2 Å². The zero-order valence-corrected chi connectivity index (χ0v) is 15.8. The number of aliphatic hydroxyl groups is 1. The van der Waals surface area contributed by atoms with Gasteiger partial charge < -0.3 is 10.0 Å². The number of hydrogen-bond donors (Lipinski definition) is 2. The first-order valence-electron chi connectivity index (χ1n) is 9.01. The van der Waals surface area contributed by atoms with Gasteiger partial charge in [-0.05, 0) is 44.9 Å². The Morgan fingerprint density at radius 1 is 1.12 bits per heavy atom. The van der Waals surface area contributed by atoms with E-state index < -0.39 is 10.1 Å². The Morgan fingerprint density at radius 3 is 2.48 bits per heavy atom. The molecule has 0 aliphatic carbocycles. The fourth-order valence-corrected chi connectivity index (χ4v) is 3.91. The van der Waals surface area contributed by atoms with Crippen molar-refractivity contribution in [2.24, 2.45) is 0 Å².